The molecule has 136 valence electrons. The summed E-state index contributed by atoms with van der Waals surface area (Å²) in [6.45, 7) is 4.75. The van der Waals surface area contributed by atoms with Crippen molar-refractivity contribution in [1.82, 2.24) is 10.4 Å². The van der Waals surface area contributed by atoms with Gasteiger partial charge in [-0.15, -0.1) is 0 Å². The van der Waals surface area contributed by atoms with Crippen LogP contribution in [0.4, 0.5) is 4.79 Å². The van der Waals surface area contributed by atoms with Crippen LogP contribution in [0.1, 0.15) is 25.8 Å². The minimum absolute atomic E-state index is 0.233. The van der Waals surface area contributed by atoms with E-state index in [2.05, 4.69) is 5.32 Å². The normalized spacial score (nSPS) is 11.3. The number of carbonyl (C=O) groups excluding carboxylic acids is 1. The van der Waals surface area contributed by atoms with E-state index in [4.69, 9.17) is 13.9 Å². The second kappa shape index (κ2) is 11.2. The molecular formula is C16H27N2O5P. The second-order valence-corrected chi connectivity index (χ2v) is 7.13. The van der Waals surface area contributed by atoms with Crippen LogP contribution in [-0.4, -0.2) is 44.1 Å². The highest BCUT2D eigenvalue weighted by Gasteiger charge is 2.24. The summed E-state index contributed by atoms with van der Waals surface area (Å²) in [5.74, 6) is 0. The van der Waals surface area contributed by atoms with Crippen molar-refractivity contribution < 1.29 is 23.2 Å². The molecular weight excluding hydrogens is 331 g/mol. The Morgan fingerprint density at radius 1 is 1.17 bits per heavy atom. The van der Waals surface area contributed by atoms with E-state index in [1.54, 1.807) is 13.8 Å². The zero-order valence-electron chi connectivity index (χ0n) is 14.6. The number of benzene rings is 1. The van der Waals surface area contributed by atoms with Crippen LogP contribution < -0.4 is 5.32 Å². The van der Waals surface area contributed by atoms with Crippen LogP contribution in [0, 0.1) is 0 Å². The van der Waals surface area contributed by atoms with Crippen LogP contribution in [0.15, 0.2) is 30.3 Å². The topological polar surface area (TPSA) is 77.1 Å². The zero-order chi connectivity index (χ0) is 17.8. The van der Waals surface area contributed by atoms with Crippen LogP contribution in [0.3, 0.4) is 0 Å². The van der Waals surface area contributed by atoms with Crippen LogP contribution >= 0.6 is 7.60 Å². The predicted octanol–water partition coefficient (Wildman–Crippen LogP) is 3.42. The summed E-state index contributed by atoms with van der Waals surface area (Å²) in [6.07, 6.45) is 0.677. The Bertz CT molecular complexity index is 516. The number of carbonyl (C=O) groups is 1. The highest BCUT2D eigenvalue weighted by Crippen LogP contribution is 2.48. The lowest BCUT2D eigenvalue weighted by Gasteiger charge is -2.23. The first-order valence-corrected chi connectivity index (χ1v) is 9.81. The Labute approximate surface area is 143 Å². The number of hydroxylamine groups is 2. The van der Waals surface area contributed by atoms with Gasteiger partial charge in [0.25, 0.3) is 0 Å². The fourth-order valence-corrected chi connectivity index (χ4v) is 3.69. The fourth-order valence-electron chi connectivity index (χ4n) is 2.04. The Hall–Kier alpha value is -1.40. The van der Waals surface area contributed by atoms with Gasteiger partial charge in [0, 0.05) is 7.05 Å². The maximum Gasteiger partial charge on any atom is 0.341 e. The number of amides is 2. The summed E-state index contributed by atoms with van der Waals surface area (Å²) in [5.41, 5.74) is 0.959. The monoisotopic (exact) mass is 358 g/mol. The molecule has 0 aliphatic carbocycles. The van der Waals surface area contributed by atoms with Crippen molar-refractivity contribution in [3.8, 4) is 0 Å². The van der Waals surface area contributed by atoms with E-state index in [1.807, 2.05) is 30.3 Å². The molecule has 1 N–H and O–H groups in total. The molecule has 0 aliphatic rings. The maximum atomic E-state index is 12.4. The van der Waals surface area contributed by atoms with E-state index in [1.165, 1.54) is 12.1 Å². The molecule has 0 radical (unpaired) electrons. The number of rotatable bonds is 11. The van der Waals surface area contributed by atoms with Crippen molar-refractivity contribution in [3.05, 3.63) is 35.9 Å². The van der Waals surface area contributed by atoms with Gasteiger partial charge in [-0.3, -0.25) is 9.40 Å². The Morgan fingerprint density at radius 2 is 1.79 bits per heavy atom. The highest BCUT2D eigenvalue weighted by atomic mass is 31.2. The number of hydrogen-bond acceptors (Lipinski definition) is 5. The molecule has 0 fully saturated rings. The maximum absolute atomic E-state index is 12.4. The molecule has 0 saturated heterocycles. The molecule has 1 rings (SSSR count). The molecule has 2 amide bonds. The first-order chi connectivity index (χ1) is 11.5. The van der Waals surface area contributed by atoms with E-state index in [0.29, 0.717) is 19.6 Å². The molecule has 0 unspecified atom stereocenters. The first kappa shape index (κ1) is 20.6. The van der Waals surface area contributed by atoms with Gasteiger partial charge in [0.15, 0.2) is 0 Å². The molecule has 1 aromatic carbocycles. The van der Waals surface area contributed by atoms with Crippen molar-refractivity contribution in [2.45, 2.75) is 26.9 Å². The number of urea groups is 1. The van der Waals surface area contributed by atoms with E-state index >= 15 is 0 Å². The molecule has 0 aliphatic heterocycles. The van der Waals surface area contributed by atoms with E-state index in [0.717, 1.165) is 5.56 Å². The minimum atomic E-state index is -3.11. The predicted molar refractivity (Wildman–Crippen MR) is 92.7 cm³/mol. The highest BCUT2D eigenvalue weighted by molar-refractivity contribution is 7.53. The lowest BCUT2D eigenvalue weighted by Crippen LogP contribution is -2.38. The van der Waals surface area contributed by atoms with Crippen LogP contribution in [0.5, 0.6) is 0 Å². The van der Waals surface area contributed by atoms with Crippen LogP contribution in [-0.2, 0) is 25.1 Å². The molecule has 0 heterocycles. The SMILES string of the molecule is CCOP(=O)(CCCN(OCc1ccccc1)C(=O)NC)OCC. The van der Waals surface area contributed by atoms with Crippen LogP contribution in [0.25, 0.3) is 0 Å². The van der Waals surface area contributed by atoms with Gasteiger partial charge in [-0.2, -0.15) is 0 Å². The summed E-state index contributed by atoms with van der Waals surface area (Å²) in [5, 5.41) is 3.76. The van der Waals surface area contributed by atoms with Crippen molar-refractivity contribution in [2.75, 3.05) is 33.0 Å². The largest absolute Gasteiger partial charge is 0.341 e. The molecule has 24 heavy (non-hydrogen) atoms. The molecule has 0 bridgehead atoms. The summed E-state index contributed by atoms with van der Waals surface area (Å²) in [7, 11) is -1.57. The lowest BCUT2D eigenvalue weighted by molar-refractivity contribution is -0.127. The average molecular weight is 358 g/mol. The number of nitrogens with zero attached hydrogens (tertiary/aromatic N) is 1. The van der Waals surface area contributed by atoms with Crippen molar-refractivity contribution in [3.63, 3.8) is 0 Å². The van der Waals surface area contributed by atoms with Gasteiger partial charge in [-0.25, -0.2) is 9.86 Å². The van der Waals surface area contributed by atoms with Gasteiger partial charge in [-0.05, 0) is 25.8 Å². The van der Waals surface area contributed by atoms with E-state index < -0.39 is 7.60 Å². The van der Waals surface area contributed by atoms with Crippen molar-refractivity contribution in [2.24, 2.45) is 0 Å². The third-order valence-corrected chi connectivity index (χ3v) is 5.28. The summed E-state index contributed by atoms with van der Waals surface area (Å²) in [4.78, 5) is 17.5. The minimum Gasteiger partial charge on any atom is -0.339 e. The third kappa shape index (κ3) is 7.45. The number of nitrogens with one attached hydrogen (secondary N) is 1. The molecule has 0 atom stereocenters. The van der Waals surface area contributed by atoms with Crippen molar-refractivity contribution in [1.29, 1.82) is 0 Å². The summed E-state index contributed by atoms with van der Waals surface area (Å²) >= 11 is 0. The van der Waals surface area contributed by atoms with Gasteiger partial charge < -0.3 is 14.4 Å². The molecule has 7 nitrogen and oxygen atoms in total. The Morgan fingerprint density at radius 3 is 2.33 bits per heavy atom. The Balaban J connectivity index is 2.53. The van der Waals surface area contributed by atoms with Gasteiger partial charge >= 0.3 is 13.6 Å². The molecule has 0 saturated carbocycles. The van der Waals surface area contributed by atoms with Crippen LogP contribution in [0.2, 0.25) is 0 Å². The molecule has 0 aromatic heterocycles. The van der Waals surface area contributed by atoms with Gasteiger partial charge in [0.1, 0.15) is 6.61 Å². The quantitative estimate of drug-likeness (QED) is 0.484. The number of hydrogen-bond donors (Lipinski definition) is 1. The molecule has 1 aromatic rings. The second-order valence-electron chi connectivity index (χ2n) is 4.94. The smallest absolute Gasteiger partial charge is 0.339 e. The van der Waals surface area contributed by atoms with Gasteiger partial charge in [0.2, 0.25) is 0 Å². The fraction of sp³-hybridized carbons (Fsp3) is 0.562. The molecule has 8 heteroatoms. The standard InChI is InChI=1S/C16H27N2O5P/c1-4-22-24(20,23-5-2)13-9-12-18(16(19)17-3)21-14-15-10-7-6-8-11-15/h6-8,10-11H,4-5,9,12-14H2,1-3H3,(H,17,19). The summed E-state index contributed by atoms with van der Waals surface area (Å²) < 4.78 is 22.9. The first-order valence-electron chi connectivity index (χ1n) is 8.08. The van der Waals surface area contributed by atoms with E-state index in [9.17, 15) is 9.36 Å². The zero-order valence-corrected chi connectivity index (χ0v) is 15.5. The van der Waals surface area contributed by atoms with Crippen molar-refractivity contribution >= 4 is 13.6 Å². The van der Waals surface area contributed by atoms with E-state index in [-0.39, 0.29) is 25.3 Å². The third-order valence-electron chi connectivity index (χ3n) is 3.12. The van der Waals surface area contributed by atoms with Gasteiger partial charge in [0.05, 0.1) is 25.9 Å². The lowest BCUT2D eigenvalue weighted by atomic mass is 10.2. The Kier molecular flexibility index (Phi) is 9.64. The van der Waals surface area contributed by atoms with Gasteiger partial charge in [-0.1, -0.05) is 30.3 Å². The molecule has 0 spiro atoms. The summed E-state index contributed by atoms with van der Waals surface area (Å²) in [6, 6.07) is 9.21. The average Bonchev–Trinajstić information content (AvgIpc) is 2.58.